The maximum absolute atomic E-state index is 13.3. The summed E-state index contributed by atoms with van der Waals surface area (Å²) < 4.78 is 38.5. The van der Waals surface area contributed by atoms with Crippen molar-refractivity contribution in [3.05, 3.63) is 83.9 Å². The lowest BCUT2D eigenvalue weighted by Gasteiger charge is -2.24. The Morgan fingerprint density at radius 2 is 1.55 bits per heavy atom. The molecule has 0 radical (unpaired) electrons. The second-order valence-electron chi connectivity index (χ2n) is 7.54. The van der Waals surface area contributed by atoms with E-state index in [1.807, 2.05) is 26.0 Å². The zero-order chi connectivity index (χ0) is 23.8. The molecular formula is C25H28N2O5S. The van der Waals surface area contributed by atoms with Gasteiger partial charge in [-0.1, -0.05) is 24.3 Å². The first-order chi connectivity index (χ1) is 15.8. The largest absolute Gasteiger partial charge is 0.497 e. The highest BCUT2D eigenvalue weighted by Gasteiger charge is 2.27. The van der Waals surface area contributed by atoms with Gasteiger partial charge in [0.25, 0.3) is 10.0 Å². The fraction of sp³-hybridized carbons (Fsp3) is 0.240. The number of methoxy groups -OCH3 is 1. The fourth-order valence-electron chi connectivity index (χ4n) is 3.35. The molecule has 1 N–H and O–H groups in total. The van der Waals surface area contributed by atoms with Gasteiger partial charge in [0.05, 0.1) is 24.2 Å². The summed E-state index contributed by atoms with van der Waals surface area (Å²) in [5, 5.41) is 2.73. The molecular weight excluding hydrogens is 440 g/mol. The Morgan fingerprint density at radius 3 is 2.15 bits per heavy atom. The molecule has 0 fully saturated rings. The summed E-state index contributed by atoms with van der Waals surface area (Å²) >= 11 is 0. The van der Waals surface area contributed by atoms with Crippen molar-refractivity contribution in [2.45, 2.75) is 18.7 Å². The van der Waals surface area contributed by atoms with Crippen LogP contribution in [0.2, 0.25) is 0 Å². The van der Waals surface area contributed by atoms with Gasteiger partial charge in [0.1, 0.15) is 24.7 Å². The first-order valence-corrected chi connectivity index (χ1v) is 11.9. The van der Waals surface area contributed by atoms with Crippen LogP contribution < -0.4 is 19.1 Å². The Kier molecular flexibility index (Phi) is 7.95. The molecule has 8 heteroatoms. The lowest BCUT2D eigenvalue weighted by atomic mass is 10.1. The van der Waals surface area contributed by atoms with E-state index >= 15 is 0 Å². The van der Waals surface area contributed by atoms with E-state index in [4.69, 9.17) is 9.47 Å². The summed E-state index contributed by atoms with van der Waals surface area (Å²) in [4.78, 5) is 12.8. The standard InChI is InChI=1S/C25H28N2O5S/c1-19-15-20(2)17-23(16-19)32-14-13-26-25(28)18-27(21-9-11-22(31-3)12-10-21)33(29,30)24-7-5-4-6-8-24/h4-12,15-17H,13-14,18H2,1-3H3,(H,26,28). The maximum atomic E-state index is 13.3. The third-order valence-corrected chi connectivity index (χ3v) is 6.66. The molecule has 0 saturated heterocycles. The van der Waals surface area contributed by atoms with Crippen LogP contribution >= 0.6 is 0 Å². The van der Waals surface area contributed by atoms with Crippen molar-refractivity contribution in [1.82, 2.24) is 5.32 Å². The van der Waals surface area contributed by atoms with Gasteiger partial charge in [-0.15, -0.1) is 0 Å². The number of nitrogens with one attached hydrogen (secondary N) is 1. The van der Waals surface area contributed by atoms with Gasteiger partial charge in [-0.2, -0.15) is 0 Å². The van der Waals surface area contributed by atoms with Crippen LogP contribution in [0.4, 0.5) is 5.69 Å². The smallest absolute Gasteiger partial charge is 0.264 e. The van der Waals surface area contributed by atoms with Gasteiger partial charge in [-0.05, 0) is 73.5 Å². The zero-order valence-corrected chi connectivity index (χ0v) is 19.8. The number of amides is 1. The number of ether oxygens (including phenoxy) is 2. The van der Waals surface area contributed by atoms with Crippen molar-refractivity contribution in [2.24, 2.45) is 0 Å². The first kappa shape index (κ1) is 24.1. The first-order valence-electron chi connectivity index (χ1n) is 10.5. The molecule has 174 valence electrons. The van der Waals surface area contributed by atoms with Crippen LogP contribution in [0.25, 0.3) is 0 Å². The number of aryl methyl sites for hydroxylation is 2. The second-order valence-corrected chi connectivity index (χ2v) is 9.41. The Balaban J connectivity index is 1.69. The maximum Gasteiger partial charge on any atom is 0.264 e. The van der Waals surface area contributed by atoms with Crippen molar-refractivity contribution in [3.8, 4) is 11.5 Å². The van der Waals surface area contributed by atoms with Crippen LogP contribution in [0.15, 0.2) is 77.7 Å². The van der Waals surface area contributed by atoms with Crippen LogP contribution in [0.3, 0.4) is 0 Å². The SMILES string of the molecule is COc1ccc(N(CC(=O)NCCOc2cc(C)cc(C)c2)S(=O)(=O)c2ccccc2)cc1. The molecule has 33 heavy (non-hydrogen) atoms. The van der Waals surface area contributed by atoms with Gasteiger partial charge in [-0.3, -0.25) is 9.10 Å². The normalized spacial score (nSPS) is 11.0. The molecule has 0 bridgehead atoms. The monoisotopic (exact) mass is 468 g/mol. The van der Waals surface area contributed by atoms with Crippen LogP contribution in [0.1, 0.15) is 11.1 Å². The average Bonchev–Trinajstić information content (AvgIpc) is 2.80. The minimum absolute atomic E-state index is 0.103. The Hall–Kier alpha value is -3.52. The molecule has 3 aromatic carbocycles. The highest BCUT2D eigenvalue weighted by Crippen LogP contribution is 2.25. The van der Waals surface area contributed by atoms with Crippen LogP contribution in [0, 0.1) is 13.8 Å². The van der Waals surface area contributed by atoms with E-state index in [1.54, 1.807) is 42.5 Å². The molecule has 0 aromatic heterocycles. The van der Waals surface area contributed by atoms with Crippen LogP contribution in [-0.2, 0) is 14.8 Å². The molecule has 3 aromatic rings. The molecule has 7 nitrogen and oxygen atoms in total. The molecule has 0 aliphatic rings. The van der Waals surface area contributed by atoms with Crippen molar-refractivity contribution in [2.75, 3.05) is 31.1 Å². The Morgan fingerprint density at radius 1 is 0.909 bits per heavy atom. The number of carbonyl (C=O) groups excluding carboxylic acids is 1. The van der Waals surface area contributed by atoms with Crippen molar-refractivity contribution < 1.29 is 22.7 Å². The van der Waals surface area contributed by atoms with E-state index in [-0.39, 0.29) is 24.6 Å². The number of sulfonamides is 1. The van der Waals surface area contributed by atoms with Gasteiger partial charge >= 0.3 is 0 Å². The topological polar surface area (TPSA) is 84.9 Å². The Labute approximate surface area is 195 Å². The summed E-state index contributed by atoms with van der Waals surface area (Å²) in [7, 11) is -2.42. The molecule has 0 aliphatic carbocycles. The minimum atomic E-state index is -3.95. The summed E-state index contributed by atoms with van der Waals surface area (Å²) in [6.07, 6.45) is 0. The summed E-state index contributed by atoms with van der Waals surface area (Å²) in [5.74, 6) is 0.881. The number of hydrogen-bond acceptors (Lipinski definition) is 5. The van der Waals surface area contributed by atoms with Gasteiger partial charge in [0, 0.05) is 0 Å². The van der Waals surface area contributed by atoms with Crippen LogP contribution in [-0.4, -0.2) is 41.1 Å². The number of anilines is 1. The quantitative estimate of drug-likeness (QED) is 0.459. The number of benzene rings is 3. The molecule has 1 amide bonds. The van der Waals surface area contributed by atoms with Gasteiger partial charge in [0.2, 0.25) is 5.91 Å². The van der Waals surface area contributed by atoms with Gasteiger partial charge < -0.3 is 14.8 Å². The van der Waals surface area contributed by atoms with E-state index in [2.05, 4.69) is 11.4 Å². The predicted octanol–water partition coefficient (Wildman–Crippen LogP) is 3.70. The zero-order valence-electron chi connectivity index (χ0n) is 18.9. The Bertz CT molecular complexity index is 1160. The minimum Gasteiger partial charge on any atom is -0.497 e. The summed E-state index contributed by atoms with van der Waals surface area (Å²) in [6, 6.07) is 20.4. The third-order valence-electron chi connectivity index (χ3n) is 4.87. The highest BCUT2D eigenvalue weighted by molar-refractivity contribution is 7.92. The highest BCUT2D eigenvalue weighted by atomic mass is 32.2. The lowest BCUT2D eigenvalue weighted by Crippen LogP contribution is -2.41. The van der Waals surface area contributed by atoms with E-state index in [0.717, 1.165) is 21.2 Å². The lowest BCUT2D eigenvalue weighted by molar-refractivity contribution is -0.119. The number of nitrogens with zero attached hydrogens (tertiary/aromatic N) is 1. The molecule has 0 unspecified atom stereocenters. The molecule has 0 spiro atoms. The predicted molar refractivity (Wildman–Crippen MR) is 128 cm³/mol. The fourth-order valence-corrected chi connectivity index (χ4v) is 4.79. The number of carbonyl (C=O) groups is 1. The van der Waals surface area contributed by atoms with Crippen LogP contribution in [0.5, 0.6) is 11.5 Å². The van der Waals surface area contributed by atoms with Crippen molar-refractivity contribution in [3.63, 3.8) is 0 Å². The van der Waals surface area contributed by atoms with E-state index in [0.29, 0.717) is 11.4 Å². The van der Waals surface area contributed by atoms with E-state index in [1.165, 1.54) is 19.2 Å². The third kappa shape index (κ3) is 6.49. The molecule has 0 atom stereocenters. The van der Waals surface area contributed by atoms with Crippen molar-refractivity contribution in [1.29, 1.82) is 0 Å². The molecule has 0 aliphatic heterocycles. The van der Waals surface area contributed by atoms with E-state index in [9.17, 15) is 13.2 Å². The van der Waals surface area contributed by atoms with Gasteiger partial charge in [-0.25, -0.2) is 8.42 Å². The molecule has 0 saturated carbocycles. The number of hydrogen-bond donors (Lipinski definition) is 1. The summed E-state index contributed by atoms with van der Waals surface area (Å²) in [5.41, 5.74) is 2.55. The van der Waals surface area contributed by atoms with Gasteiger partial charge in [0.15, 0.2) is 0 Å². The van der Waals surface area contributed by atoms with Crippen molar-refractivity contribution >= 4 is 21.6 Å². The average molecular weight is 469 g/mol. The second kappa shape index (κ2) is 10.9. The number of rotatable bonds is 10. The molecule has 3 rings (SSSR count). The van der Waals surface area contributed by atoms with E-state index < -0.39 is 15.9 Å². The molecule has 0 heterocycles. The summed E-state index contributed by atoms with van der Waals surface area (Å²) in [6.45, 7) is 4.12.